The molecule has 1 aliphatic carbocycles. The molecule has 0 bridgehead atoms. The topological polar surface area (TPSA) is 26.3 Å². The lowest BCUT2D eigenvalue weighted by molar-refractivity contribution is 0.103. The normalized spacial score (nSPS) is 13.5. The molecule has 1 aliphatic rings. The van der Waals surface area contributed by atoms with Gasteiger partial charge in [-0.2, -0.15) is 0 Å². The van der Waals surface area contributed by atoms with Crippen LogP contribution in [-0.2, 0) is 11.3 Å². The summed E-state index contributed by atoms with van der Waals surface area (Å²) in [6.45, 7) is 0.373. The smallest absolute Gasteiger partial charge is 0.208 e. The number of Topliss-reactive ketones (excluding diaryl/α,β-unsaturated/α-hetero) is 1. The Kier molecular flexibility index (Phi) is 3.40. The molecule has 0 heterocycles. The average Bonchev–Trinajstić information content (AvgIpc) is 2.60. The van der Waals surface area contributed by atoms with Crippen molar-refractivity contribution >= 4 is 33.9 Å². The van der Waals surface area contributed by atoms with Crippen LogP contribution in [0.15, 0.2) is 71.8 Å². The van der Waals surface area contributed by atoms with Crippen molar-refractivity contribution in [3.63, 3.8) is 0 Å². The molecule has 0 saturated heterocycles. The van der Waals surface area contributed by atoms with E-state index in [0.717, 1.165) is 21.9 Å². The van der Waals surface area contributed by atoms with Crippen molar-refractivity contribution in [3.05, 3.63) is 88.5 Å². The van der Waals surface area contributed by atoms with Gasteiger partial charge >= 0.3 is 0 Å². The lowest BCUT2D eigenvalue weighted by atomic mass is 9.91. The Morgan fingerprint density at radius 3 is 2.26 bits per heavy atom. The highest BCUT2D eigenvalue weighted by atomic mass is 35.5. The van der Waals surface area contributed by atoms with Crippen molar-refractivity contribution in [2.24, 2.45) is 0 Å². The van der Waals surface area contributed by atoms with E-state index in [4.69, 9.17) is 16.3 Å². The molecule has 4 rings (SSSR count). The lowest BCUT2D eigenvalue weighted by Gasteiger charge is -2.20. The summed E-state index contributed by atoms with van der Waals surface area (Å²) in [5, 5.41) is 2.07. The minimum atomic E-state index is -0.181. The summed E-state index contributed by atoms with van der Waals surface area (Å²) in [6.07, 6.45) is 0. The van der Waals surface area contributed by atoms with Gasteiger partial charge in [-0.05, 0) is 10.9 Å². The first-order valence-corrected chi connectivity index (χ1v) is 7.77. The summed E-state index contributed by atoms with van der Waals surface area (Å²) in [5.41, 5.74) is 2.54. The van der Waals surface area contributed by atoms with E-state index in [1.807, 2.05) is 66.7 Å². The van der Waals surface area contributed by atoms with Gasteiger partial charge in [0, 0.05) is 16.5 Å². The molecule has 2 nitrogen and oxygen atoms in total. The molecule has 3 aromatic rings. The Hall–Kier alpha value is -2.58. The van der Waals surface area contributed by atoms with Gasteiger partial charge in [0.15, 0.2) is 0 Å². The van der Waals surface area contributed by atoms with Crippen LogP contribution >= 0.6 is 11.6 Å². The van der Waals surface area contributed by atoms with Crippen molar-refractivity contribution in [2.45, 2.75) is 6.61 Å². The molecule has 0 radical (unpaired) electrons. The van der Waals surface area contributed by atoms with Gasteiger partial charge in [0.25, 0.3) is 0 Å². The number of benzene rings is 3. The minimum Gasteiger partial charge on any atom is -0.487 e. The maximum absolute atomic E-state index is 12.6. The number of carbonyl (C=O) groups excluding carboxylic acids is 1. The third-order valence-corrected chi connectivity index (χ3v) is 4.36. The first-order chi connectivity index (χ1) is 11.3. The second-order valence-corrected chi connectivity index (χ2v) is 5.83. The Bertz CT molecular complexity index is 937. The van der Waals surface area contributed by atoms with Gasteiger partial charge in [-0.1, -0.05) is 78.3 Å². The quantitative estimate of drug-likeness (QED) is 0.666. The summed E-state index contributed by atoms with van der Waals surface area (Å²) in [6, 6.07) is 21.4. The fourth-order valence-corrected chi connectivity index (χ4v) is 3.19. The highest BCUT2D eigenvalue weighted by molar-refractivity contribution is 6.50. The Labute approximate surface area is 139 Å². The highest BCUT2D eigenvalue weighted by Crippen LogP contribution is 2.38. The standard InChI is InChI=1S/C20H13ClO2/c21-18-19(22)15-10-4-8-14-9-5-11-16(17(14)15)20(18)23-12-13-6-2-1-3-7-13/h1-11H,12H2. The maximum Gasteiger partial charge on any atom is 0.208 e. The Morgan fingerprint density at radius 2 is 1.52 bits per heavy atom. The number of rotatable bonds is 3. The van der Waals surface area contributed by atoms with Crippen LogP contribution in [0, 0.1) is 0 Å². The molecule has 3 aromatic carbocycles. The molecule has 0 atom stereocenters. The molecule has 0 spiro atoms. The van der Waals surface area contributed by atoms with Crippen LogP contribution in [0.3, 0.4) is 0 Å². The van der Waals surface area contributed by atoms with Crippen molar-refractivity contribution in [2.75, 3.05) is 0 Å². The van der Waals surface area contributed by atoms with Gasteiger partial charge in [0.1, 0.15) is 17.4 Å². The third kappa shape index (κ3) is 2.32. The van der Waals surface area contributed by atoms with E-state index in [-0.39, 0.29) is 10.8 Å². The SMILES string of the molecule is O=C1C(Cl)=C(OCc2ccccc2)c2cccc3cccc1c23. The lowest BCUT2D eigenvalue weighted by Crippen LogP contribution is -2.11. The molecular formula is C20H13ClO2. The van der Waals surface area contributed by atoms with Crippen molar-refractivity contribution in [1.82, 2.24) is 0 Å². The van der Waals surface area contributed by atoms with Gasteiger partial charge in [0.2, 0.25) is 5.78 Å². The zero-order chi connectivity index (χ0) is 15.8. The summed E-state index contributed by atoms with van der Waals surface area (Å²) in [5.74, 6) is 0.281. The fourth-order valence-electron chi connectivity index (χ4n) is 2.93. The molecule has 3 heteroatoms. The monoisotopic (exact) mass is 320 g/mol. The van der Waals surface area contributed by atoms with Gasteiger partial charge in [-0.3, -0.25) is 4.79 Å². The van der Waals surface area contributed by atoms with Crippen molar-refractivity contribution in [1.29, 1.82) is 0 Å². The third-order valence-electron chi connectivity index (χ3n) is 4.02. The van der Waals surface area contributed by atoms with Crippen LogP contribution in [-0.4, -0.2) is 5.78 Å². The molecule has 112 valence electrons. The summed E-state index contributed by atoms with van der Waals surface area (Å²) >= 11 is 6.32. The number of hydrogen-bond donors (Lipinski definition) is 0. The van der Waals surface area contributed by atoms with Crippen LogP contribution in [0.2, 0.25) is 0 Å². The second kappa shape index (κ2) is 5.56. The number of hydrogen-bond acceptors (Lipinski definition) is 2. The number of ketones is 1. The van der Waals surface area contributed by atoms with E-state index in [1.165, 1.54) is 0 Å². The molecule has 0 saturated carbocycles. The van der Waals surface area contributed by atoms with Gasteiger partial charge in [-0.25, -0.2) is 0 Å². The van der Waals surface area contributed by atoms with E-state index in [1.54, 1.807) is 0 Å². The molecule has 0 unspecified atom stereocenters. The van der Waals surface area contributed by atoms with Gasteiger partial charge < -0.3 is 4.74 Å². The van der Waals surface area contributed by atoms with Crippen LogP contribution in [0.25, 0.3) is 16.5 Å². The average molecular weight is 321 g/mol. The summed E-state index contributed by atoms with van der Waals surface area (Å²) in [4.78, 5) is 12.6. The molecule has 0 aliphatic heterocycles. The molecule has 0 fully saturated rings. The number of allylic oxidation sites excluding steroid dienone is 1. The Morgan fingerprint density at radius 1 is 0.826 bits per heavy atom. The zero-order valence-corrected chi connectivity index (χ0v) is 13.0. The summed E-state index contributed by atoms with van der Waals surface area (Å²) < 4.78 is 5.93. The minimum absolute atomic E-state index is 0.145. The van der Waals surface area contributed by atoms with Gasteiger partial charge in [0.05, 0.1) is 0 Å². The Balaban J connectivity index is 1.81. The van der Waals surface area contributed by atoms with Gasteiger partial charge in [-0.15, -0.1) is 0 Å². The number of ether oxygens (including phenoxy) is 1. The predicted octanol–water partition coefficient (Wildman–Crippen LogP) is 5.16. The van der Waals surface area contributed by atoms with Crippen LogP contribution in [0.4, 0.5) is 0 Å². The molecule has 0 aromatic heterocycles. The second-order valence-electron chi connectivity index (χ2n) is 5.46. The fraction of sp³-hybridized carbons (Fsp3) is 0.0500. The maximum atomic E-state index is 12.6. The molecule has 0 N–H and O–H groups in total. The first-order valence-electron chi connectivity index (χ1n) is 7.39. The van der Waals surface area contributed by atoms with E-state index >= 15 is 0 Å². The molecular weight excluding hydrogens is 308 g/mol. The largest absolute Gasteiger partial charge is 0.487 e. The molecule has 0 amide bonds. The highest BCUT2D eigenvalue weighted by Gasteiger charge is 2.27. The van der Waals surface area contributed by atoms with Crippen molar-refractivity contribution in [3.8, 4) is 0 Å². The van der Waals surface area contributed by atoms with E-state index in [9.17, 15) is 4.79 Å². The van der Waals surface area contributed by atoms with E-state index in [2.05, 4.69) is 0 Å². The van der Waals surface area contributed by atoms with Crippen LogP contribution < -0.4 is 0 Å². The number of halogens is 1. The van der Waals surface area contributed by atoms with Crippen molar-refractivity contribution < 1.29 is 9.53 Å². The van der Waals surface area contributed by atoms with Crippen LogP contribution in [0.5, 0.6) is 0 Å². The van der Waals surface area contributed by atoms with E-state index in [0.29, 0.717) is 17.9 Å². The molecule has 23 heavy (non-hydrogen) atoms. The summed E-state index contributed by atoms with van der Waals surface area (Å²) in [7, 11) is 0. The number of carbonyl (C=O) groups is 1. The first kappa shape index (κ1) is 14.0. The predicted molar refractivity (Wildman–Crippen MR) is 92.3 cm³/mol. The van der Waals surface area contributed by atoms with Crippen LogP contribution in [0.1, 0.15) is 21.5 Å². The zero-order valence-electron chi connectivity index (χ0n) is 12.3. The van der Waals surface area contributed by atoms with E-state index < -0.39 is 0 Å².